The Bertz CT molecular complexity index is 105. The van der Waals surface area contributed by atoms with E-state index in [1.807, 2.05) is 6.92 Å². The monoisotopic (exact) mass is 128 g/mol. The Morgan fingerprint density at radius 1 is 1.78 bits per heavy atom. The van der Waals surface area contributed by atoms with Crippen LogP contribution in [-0.2, 0) is 9.53 Å². The molecule has 0 aromatic rings. The summed E-state index contributed by atoms with van der Waals surface area (Å²) in [5, 5.41) is 0. The second-order valence-corrected chi connectivity index (χ2v) is 2.45. The molecule has 0 bridgehead atoms. The van der Waals surface area contributed by atoms with Crippen LogP contribution in [0, 0.1) is 0 Å². The topological polar surface area (TPSA) is 29.6 Å². The predicted octanol–water partition coefficient (Wildman–Crippen LogP) is 1.14. The fourth-order valence-corrected chi connectivity index (χ4v) is 0.821. The fourth-order valence-electron chi connectivity index (χ4n) is 0.821. The molecular weight excluding hydrogens is 116 g/mol. The lowest BCUT2D eigenvalue weighted by Gasteiger charge is -1.91. The van der Waals surface area contributed by atoms with Gasteiger partial charge in [0.15, 0.2) is 0 Å². The molecule has 0 aliphatic carbocycles. The van der Waals surface area contributed by atoms with Gasteiger partial charge in [-0.3, -0.25) is 4.79 Å². The Hall–Kier alpha value is -0.370. The zero-order valence-corrected chi connectivity index (χ0v) is 5.72. The summed E-state index contributed by atoms with van der Waals surface area (Å²) in [6, 6.07) is 0. The van der Waals surface area contributed by atoms with Gasteiger partial charge in [-0.15, -0.1) is 0 Å². The molecule has 0 amide bonds. The molecular formula is C7H12O2. The fraction of sp³-hybridized carbons (Fsp3) is 0.857. The van der Waals surface area contributed by atoms with Crippen molar-refractivity contribution in [2.75, 3.05) is 6.61 Å². The van der Waals surface area contributed by atoms with Crippen molar-refractivity contribution in [1.29, 1.82) is 0 Å². The van der Waals surface area contributed by atoms with Crippen molar-refractivity contribution >= 4 is 5.78 Å². The van der Waals surface area contributed by atoms with Gasteiger partial charge in [-0.2, -0.15) is 0 Å². The van der Waals surface area contributed by atoms with Gasteiger partial charge in [0.1, 0.15) is 5.78 Å². The first kappa shape index (κ1) is 6.75. The highest BCUT2D eigenvalue weighted by Gasteiger charge is 2.24. The van der Waals surface area contributed by atoms with Crippen LogP contribution in [0.4, 0.5) is 0 Å². The standard InChI is InChI=1S/C7H12O2/c1-2-3-6(8)4-7-5-9-7/h7H,2-5H2,1H3. The third-order valence-electron chi connectivity index (χ3n) is 1.39. The second-order valence-electron chi connectivity index (χ2n) is 2.45. The first-order chi connectivity index (χ1) is 4.33. The van der Waals surface area contributed by atoms with Crippen LogP contribution in [-0.4, -0.2) is 18.5 Å². The number of carbonyl (C=O) groups excluding carboxylic acids is 1. The van der Waals surface area contributed by atoms with Crippen LogP contribution in [0.15, 0.2) is 0 Å². The highest BCUT2D eigenvalue weighted by atomic mass is 16.6. The summed E-state index contributed by atoms with van der Waals surface area (Å²) >= 11 is 0. The Kier molecular flexibility index (Phi) is 2.22. The van der Waals surface area contributed by atoms with E-state index in [1.165, 1.54) is 0 Å². The Labute approximate surface area is 55.2 Å². The van der Waals surface area contributed by atoms with E-state index >= 15 is 0 Å². The molecule has 1 atom stereocenters. The van der Waals surface area contributed by atoms with E-state index in [1.54, 1.807) is 0 Å². The molecule has 0 saturated carbocycles. The molecule has 1 rings (SSSR count). The third kappa shape index (κ3) is 2.61. The summed E-state index contributed by atoms with van der Waals surface area (Å²) < 4.78 is 4.90. The lowest BCUT2D eigenvalue weighted by Crippen LogP contribution is -2.00. The van der Waals surface area contributed by atoms with Crippen LogP contribution >= 0.6 is 0 Å². The zero-order chi connectivity index (χ0) is 6.69. The van der Waals surface area contributed by atoms with Crippen molar-refractivity contribution in [1.82, 2.24) is 0 Å². The average Bonchev–Trinajstić information content (AvgIpc) is 2.50. The van der Waals surface area contributed by atoms with E-state index in [0.29, 0.717) is 12.2 Å². The van der Waals surface area contributed by atoms with Crippen molar-refractivity contribution in [3.63, 3.8) is 0 Å². The highest BCUT2D eigenvalue weighted by molar-refractivity contribution is 5.79. The van der Waals surface area contributed by atoms with E-state index in [4.69, 9.17) is 4.74 Å². The Balaban J connectivity index is 2.02. The Morgan fingerprint density at radius 3 is 2.89 bits per heavy atom. The van der Waals surface area contributed by atoms with Gasteiger partial charge in [-0.25, -0.2) is 0 Å². The van der Waals surface area contributed by atoms with Crippen LogP contribution in [0.3, 0.4) is 0 Å². The van der Waals surface area contributed by atoms with Gasteiger partial charge < -0.3 is 4.74 Å². The normalized spacial score (nSPS) is 23.9. The van der Waals surface area contributed by atoms with Gasteiger partial charge in [0.2, 0.25) is 0 Å². The van der Waals surface area contributed by atoms with Crippen LogP contribution in [0.2, 0.25) is 0 Å². The number of epoxide rings is 1. The first-order valence-corrected chi connectivity index (χ1v) is 3.46. The molecule has 1 saturated heterocycles. The van der Waals surface area contributed by atoms with E-state index in [-0.39, 0.29) is 6.10 Å². The molecule has 0 N–H and O–H groups in total. The maximum Gasteiger partial charge on any atom is 0.135 e. The van der Waals surface area contributed by atoms with Crippen molar-refractivity contribution < 1.29 is 9.53 Å². The minimum absolute atomic E-state index is 0.282. The molecule has 2 heteroatoms. The van der Waals surface area contributed by atoms with Gasteiger partial charge in [-0.1, -0.05) is 6.92 Å². The number of ether oxygens (including phenoxy) is 1. The highest BCUT2D eigenvalue weighted by Crippen LogP contribution is 2.14. The number of Topliss-reactive ketones (excluding diaryl/α,β-unsaturated/α-hetero) is 1. The van der Waals surface area contributed by atoms with Crippen LogP contribution in [0.1, 0.15) is 26.2 Å². The number of ketones is 1. The third-order valence-corrected chi connectivity index (χ3v) is 1.39. The average molecular weight is 128 g/mol. The maximum absolute atomic E-state index is 10.8. The van der Waals surface area contributed by atoms with E-state index < -0.39 is 0 Å². The summed E-state index contributed by atoms with van der Waals surface area (Å²) in [4.78, 5) is 10.8. The number of hydrogen-bond donors (Lipinski definition) is 0. The molecule has 0 spiro atoms. The smallest absolute Gasteiger partial charge is 0.135 e. The molecule has 1 aliphatic rings. The molecule has 1 unspecified atom stereocenters. The maximum atomic E-state index is 10.8. The summed E-state index contributed by atoms with van der Waals surface area (Å²) in [6.45, 7) is 2.82. The summed E-state index contributed by atoms with van der Waals surface area (Å²) in [5.74, 6) is 0.347. The zero-order valence-electron chi connectivity index (χ0n) is 5.72. The van der Waals surface area contributed by atoms with Gasteiger partial charge >= 0.3 is 0 Å². The van der Waals surface area contributed by atoms with E-state index in [0.717, 1.165) is 19.4 Å². The molecule has 1 aliphatic heterocycles. The molecule has 52 valence electrons. The van der Waals surface area contributed by atoms with Crippen LogP contribution in [0.25, 0.3) is 0 Å². The van der Waals surface area contributed by atoms with Gasteiger partial charge in [0.25, 0.3) is 0 Å². The summed E-state index contributed by atoms with van der Waals surface area (Å²) in [6.07, 6.45) is 2.61. The number of rotatable bonds is 4. The lowest BCUT2D eigenvalue weighted by atomic mass is 10.1. The minimum Gasteiger partial charge on any atom is -0.373 e. The first-order valence-electron chi connectivity index (χ1n) is 3.46. The van der Waals surface area contributed by atoms with Crippen molar-refractivity contribution in [2.45, 2.75) is 32.3 Å². The summed E-state index contributed by atoms with van der Waals surface area (Å²) in [7, 11) is 0. The lowest BCUT2D eigenvalue weighted by molar-refractivity contribution is -0.119. The van der Waals surface area contributed by atoms with E-state index in [2.05, 4.69) is 0 Å². The SMILES string of the molecule is CCCC(=O)CC1CO1. The number of hydrogen-bond acceptors (Lipinski definition) is 2. The molecule has 0 aromatic carbocycles. The van der Waals surface area contributed by atoms with Crippen molar-refractivity contribution in [2.24, 2.45) is 0 Å². The molecule has 2 nitrogen and oxygen atoms in total. The predicted molar refractivity (Wildman–Crippen MR) is 34.3 cm³/mol. The molecule has 1 heterocycles. The van der Waals surface area contributed by atoms with Crippen LogP contribution in [0.5, 0.6) is 0 Å². The molecule has 1 fully saturated rings. The molecule has 9 heavy (non-hydrogen) atoms. The van der Waals surface area contributed by atoms with Crippen LogP contribution < -0.4 is 0 Å². The summed E-state index contributed by atoms with van der Waals surface area (Å²) in [5.41, 5.74) is 0. The quantitative estimate of drug-likeness (QED) is 0.531. The molecule has 0 aromatic heterocycles. The largest absolute Gasteiger partial charge is 0.373 e. The second kappa shape index (κ2) is 2.97. The number of carbonyl (C=O) groups is 1. The van der Waals surface area contributed by atoms with Gasteiger partial charge in [0.05, 0.1) is 12.7 Å². The van der Waals surface area contributed by atoms with Crippen molar-refractivity contribution in [3.8, 4) is 0 Å². The van der Waals surface area contributed by atoms with Gasteiger partial charge in [-0.05, 0) is 6.42 Å². The minimum atomic E-state index is 0.282. The Morgan fingerprint density at radius 2 is 2.44 bits per heavy atom. The molecule has 0 radical (unpaired) electrons. The van der Waals surface area contributed by atoms with Gasteiger partial charge in [0, 0.05) is 12.8 Å². The van der Waals surface area contributed by atoms with Crippen molar-refractivity contribution in [3.05, 3.63) is 0 Å². The van der Waals surface area contributed by atoms with E-state index in [9.17, 15) is 4.79 Å².